The third-order valence-electron chi connectivity index (χ3n) is 4.95. The molecule has 1 heterocycles. The molecule has 1 aromatic heterocycles. The largest absolute Gasteiger partial charge is 0.497 e. The number of carbonyl (C=O) groups excluding carboxylic acids is 1. The lowest BCUT2D eigenvalue weighted by atomic mass is 10.1. The molecule has 0 fully saturated rings. The van der Waals surface area contributed by atoms with Crippen molar-refractivity contribution in [2.75, 3.05) is 20.8 Å². The van der Waals surface area contributed by atoms with E-state index in [1.165, 1.54) is 0 Å². The minimum atomic E-state index is -0.399. The van der Waals surface area contributed by atoms with Gasteiger partial charge >= 0.3 is 0 Å². The zero-order valence-corrected chi connectivity index (χ0v) is 18.8. The van der Waals surface area contributed by atoms with Crippen LogP contribution in [0.3, 0.4) is 0 Å². The number of nitrogens with one attached hydrogen (secondary N) is 1. The second kappa shape index (κ2) is 10.8. The second-order valence-corrected chi connectivity index (χ2v) is 7.17. The van der Waals surface area contributed by atoms with Crippen molar-refractivity contribution in [1.29, 1.82) is 0 Å². The van der Waals surface area contributed by atoms with Crippen LogP contribution in [0.25, 0.3) is 16.9 Å². The Bertz CT molecular complexity index is 1270. The van der Waals surface area contributed by atoms with E-state index in [4.69, 9.17) is 19.3 Å². The maximum atomic E-state index is 12.2. The number of carbonyl (C=O) groups is 1. The normalized spacial score (nSPS) is 10.8. The van der Waals surface area contributed by atoms with Crippen molar-refractivity contribution in [2.24, 2.45) is 5.10 Å². The highest BCUT2D eigenvalue weighted by molar-refractivity contribution is 5.89. The summed E-state index contributed by atoms with van der Waals surface area (Å²) in [6.07, 6.45) is 3.42. The zero-order chi connectivity index (χ0) is 23.8. The van der Waals surface area contributed by atoms with Crippen LogP contribution in [-0.4, -0.2) is 42.7 Å². The van der Waals surface area contributed by atoms with E-state index in [0.29, 0.717) is 11.5 Å². The summed E-state index contributed by atoms with van der Waals surface area (Å²) >= 11 is 0. The van der Waals surface area contributed by atoms with Crippen LogP contribution in [0.5, 0.6) is 17.2 Å². The van der Waals surface area contributed by atoms with Gasteiger partial charge in [-0.2, -0.15) is 10.2 Å². The lowest BCUT2D eigenvalue weighted by Crippen LogP contribution is -2.24. The van der Waals surface area contributed by atoms with Gasteiger partial charge in [0.1, 0.15) is 11.4 Å². The Kier molecular flexibility index (Phi) is 7.19. The van der Waals surface area contributed by atoms with E-state index in [2.05, 4.69) is 10.5 Å². The molecule has 0 spiro atoms. The van der Waals surface area contributed by atoms with Gasteiger partial charge in [-0.15, -0.1) is 0 Å². The summed E-state index contributed by atoms with van der Waals surface area (Å²) in [5.74, 6) is 1.39. The van der Waals surface area contributed by atoms with Crippen molar-refractivity contribution in [3.05, 3.63) is 90.6 Å². The molecule has 0 aliphatic carbocycles. The first kappa shape index (κ1) is 22.6. The Labute approximate surface area is 197 Å². The van der Waals surface area contributed by atoms with Gasteiger partial charge in [0.2, 0.25) is 0 Å². The number of hydrogen-bond acceptors (Lipinski definition) is 6. The Morgan fingerprint density at radius 3 is 2.35 bits per heavy atom. The first-order valence-electron chi connectivity index (χ1n) is 10.5. The number of benzene rings is 3. The van der Waals surface area contributed by atoms with Crippen molar-refractivity contribution in [2.45, 2.75) is 0 Å². The van der Waals surface area contributed by atoms with Gasteiger partial charge in [-0.25, -0.2) is 10.1 Å². The van der Waals surface area contributed by atoms with Gasteiger partial charge in [0.15, 0.2) is 18.1 Å². The van der Waals surface area contributed by atoms with Crippen molar-refractivity contribution in [3.8, 4) is 34.2 Å². The van der Waals surface area contributed by atoms with Gasteiger partial charge in [-0.1, -0.05) is 30.3 Å². The summed E-state index contributed by atoms with van der Waals surface area (Å²) in [5.41, 5.74) is 5.75. The van der Waals surface area contributed by atoms with Crippen LogP contribution in [0.1, 0.15) is 5.56 Å². The van der Waals surface area contributed by atoms with E-state index in [1.54, 1.807) is 43.3 Å². The van der Waals surface area contributed by atoms with Crippen molar-refractivity contribution < 1.29 is 19.0 Å². The smallest absolute Gasteiger partial charge is 0.277 e. The molecule has 0 unspecified atom stereocenters. The SMILES string of the molecule is COc1ccc(-c2nn(-c3ccccc3)cc2C=NNC(=O)COc2ccccc2OC)cc1. The molecule has 1 amide bonds. The molecule has 0 radical (unpaired) electrons. The molecule has 0 saturated heterocycles. The summed E-state index contributed by atoms with van der Waals surface area (Å²) < 4.78 is 17.8. The highest BCUT2D eigenvalue weighted by Gasteiger charge is 2.12. The minimum Gasteiger partial charge on any atom is -0.497 e. The predicted molar refractivity (Wildman–Crippen MR) is 130 cm³/mol. The average Bonchev–Trinajstić information content (AvgIpc) is 3.32. The standard InChI is InChI=1S/C26H24N4O4/c1-32-22-14-12-19(13-15-22)26-20(17-30(29-26)21-8-4-3-5-9-21)16-27-28-25(31)18-34-24-11-7-6-10-23(24)33-2/h3-17H,18H2,1-2H3,(H,28,31). The van der Waals surface area contributed by atoms with Crippen molar-refractivity contribution in [1.82, 2.24) is 15.2 Å². The van der Waals surface area contributed by atoms with E-state index in [1.807, 2.05) is 66.9 Å². The fourth-order valence-electron chi connectivity index (χ4n) is 3.26. The molecular formula is C26H24N4O4. The fourth-order valence-corrected chi connectivity index (χ4v) is 3.26. The monoisotopic (exact) mass is 456 g/mol. The van der Waals surface area contributed by atoms with Crippen LogP contribution < -0.4 is 19.6 Å². The van der Waals surface area contributed by atoms with Crippen LogP contribution in [0, 0.1) is 0 Å². The van der Waals surface area contributed by atoms with Crippen LogP contribution in [0.2, 0.25) is 0 Å². The molecule has 4 aromatic rings. The summed E-state index contributed by atoms with van der Waals surface area (Å²) in [4.78, 5) is 12.2. The summed E-state index contributed by atoms with van der Waals surface area (Å²) in [5, 5.41) is 8.84. The number of para-hydroxylation sites is 3. The molecule has 0 aliphatic heterocycles. The maximum absolute atomic E-state index is 12.2. The Morgan fingerprint density at radius 1 is 0.941 bits per heavy atom. The average molecular weight is 457 g/mol. The van der Waals surface area contributed by atoms with Gasteiger partial charge in [0.25, 0.3) is 5.91 Å². The van der Waals surface area contributed by atoms with Crippen LogP contribution in [-0.2, 0) is 4.79 Å². The topological polar surface area (TPSA) is 87.0 Å². The molecule has 172 valence electrons. The molecule has 0 bridgehead atoms. The summed E-state index contributed by atoms with van der Waals surface area (Å²) in [6, 6.07) is 24.5. The molecule has 1 N–H and O–H groups in total. The van der Waals surface area contributed by atoms with E-state index in [9.17, 15) is 4.79 Å². The number of rotatable bonds is 9. The van der Waals surface area contributed by atoms with E-state index >= 15 is 0 Å². The minimum absolute atomic E-state index is 0.202. The van der Waals surface area contributed by atoms with E-state index < -0.39 is 5.91 Å². The number of aromatic nitrogens is 2. The highest BCUT2D eigenvalue weighted by Crippen LogP contribution is 2.26. The molecule has 4 rings (SSSR count). The van der Waals surface area contributed by atoms with Crippen molar-refractivity contribution in [3.63, 3.8) is 0 Å². The number of ether oxygens (including phenoxy) is 3. The van der Waals surface area contributed by atoms with Crippen molar-refractivity contribution >= 4 is 12.1 Å². The van der Waals surface area contributed by atoms with Gasteiger partial charge in [-0.3, -0.25) is 4.79 Å². The molecule has 3 aromatic carbocycles. The molecular weight excluding hydrogens is 432 g/mol. The quantitative estimate of drug-likeness (QED) is 0.303. The van der Waals surface area contributed by atoms with Gasteiger partial charge in [0.05, 0.1) is 26.1 Å². The first-order valence-corrected chi connectivity index (χ1v) is 10.5. The Hall–Kier alpha value is -4.59. The van der Waals surface area contributed by atoms with Gasteiger partial charge < -0.3 is 14.2 Å². The molecule has 8 nitrogen and oxygen atoms in total. The maximum Gasteiger partial charge on any atom is 0.277 e. The van der Waals surface area contributed by atoms with Crippen LogP contribution in [0.15, 0.2) is 90.2 Å². The Balaban J connectivity index is 1.50. The van der Waals surface area contributed by atoms with Crippen LogP contribution in [0.4, 0.5) is 0 Å². The van der Waals surface area contributed by atoms with Gasteiger partial charge in [-0.05, 0) is 48.5 Å². The number of nitrogens with zero attached hydrogens (tertiary/aromatic N) is 3. The third kappa shape index (κ3) is 5.42. The molecule has 8 heteroatoms. The molecule has 0 saturated carbocycles. The predicted octanol–water partition coefficient (Wildman–Crippen LogP) is 4.09. The van der Waals surface area contributed by atoms with E-state index in [-0.39, 0.29) is 6.61 Å². The number of hydrazone groups is 1. The lowest BCUT2D eigenvalue weighted by molar-refractivity contribution is -0.123. The number of methoxy groups -OCH3 is 2. The summed E-state index contributed by atoms with van der Waals surface area (Å²) in [6.45, 7) is -0.202. The first-order chi connectivity index (χ1) is 16.7. The second-order valence-electron chi connectivity index (χ2n) is 7.17. The fraction of sp³-hybridized carbons (Fsp3) is 0.115. The Morgan fingerprint density at radius 2 is 1.65 bits per heavy atom. The zero-order valence-electron chi connectivity index (χ0n) is 18.8. The molecule has 0 aliphatic rings. The molecule has 0 atom stereocenters. The molecule has 34 heavy (non-hydrogen) atoms. The number of amides is 1. The lowest BCUT2D eigenvalue weighted by Gasteiger charge is -2.09. The number of hydrogen-bond donors (Lipinski definition) is 1. The third-order valence-corrected chi connectivity index (χ3v) is 4.95. The van der Waals surface area contributed by atoms with E-state index in [0.717, 1.165) is 28.3 Å². The summed E-state index contributed by atoms with van der Waals surface area (Å²) in [7, 11) is 3.17. The highest BCUT2D eigenvalue weighted by atomic mass is 16.5. The van der Waals surface area contributed by atoms with Crippen LogP contribution >= 0.6 is 0 Å². The van der Waals surface area contributed by atoms with Gasteiger partial charge in [0, 0.05) is 17.3 Å².